The maximum Gasteiger partial charge on any atom is 0.214 e. The minimum Gasteiger partial charge on any atom is -0.395 e. The molecule has 2 rings (SSSR count). The van der Waals surface area contributed by atoms with E-state index >= 15 is 0 Å². The maximum atomic E-state index is 11.9. The number of rotatable bonds is 5. The quantitative estimate of drug-likeness (QED) is 0.755. The molecule has 1 aliphatic heterocycles. The molecule has 1 N–H and O–H groups in total. The SMILES string of the molecule is O=S(=O)(CCC1CC1)N1CCC[C@@H]1CO. The molecule has 1 aliphatic carbocycles. The normalized spacial score (nSPS) is 28.5. The van der Waals surface area contributed by atoms with Crippen LogP contribution in [-0.2, 0) is 10.0 Å². The minimum absolute atomic E-state index is 0.0390. The van der Waals surface area contributed by atoms with Crippen molar-refractivity contribution in [3.05, 3.63) is 0 Å². The summed E-state index contributed by atoms with van der Waals surface area (Å²) < 4.78 is 25.4. The molecule has 5 heteroatoms. The van der Waals surface area contributed by atoms with Gasteiger partial charge in [0.25, 0.3) is 0 Å². The first-order valence-electron chi connectivity index (χ1n) is 5.74. The monoisotopic (exact) mass is 233 g/mol. The third-order valence-corrected chi connectivity index (χ3v) is 5.32. The summed E-state index contributed by atoms with van der Waals surface area (Å²) >= 11 is 0. The fourth-order valence-electron chi connectivity index (χ4n) is 2.20. The fourth-order valence-corrected chi connectivity index (χ4v) is 4.10. The summed E-state index contributed by atoms with van der Waals surface area (Å²) in [6.07, 6.45) is 4.88. The molecule has 1 saturated carbocycles. The number of hydrogen-bond acceptors (Lipinski definition) is 3. The molecule has 0 aromatic rings. The molecule has 0 aromatic carbocycles. The molecule has 0 unspecified atom stereocenters. The van der Waals surface area contributed by atoms with Crippen molar-refractivity contribution in [1.29, 1.82) is 0 Å². The van der Waals surface area contributed by atoms with E-state index in [9.17, 15) is 8.42 Å². The van der Waals surface area contributed by atoms with Gasteiger partial charge in [-0.3, -0.25) is 0 Å². The van der Waals surface area contributed by atoms with Gasteiger partial charge in [0.05, 0.1) is 12.4 Å². The summed E-state index contributed by atoms with van der Waals surface area (Å²) in [5.41, 5.74) is 0. The first-order chi connectivity index (χ1) is 7.13. The van der Waals surface area contributed by atoms with Gasteiger partial charge < -0.3 is 5.11 Å². The van der Waals surface area contributed by atoms with Crippen LogP contribution in [0.2, 0.25) is 0 Å². The van der Waals surface area contributed by atoms with Crippen LogP contribution in [0.4, 0.5) is 0 Å². The van der Waals surface area contributed by atoms with E-state index in [4.69, 9.17) is 5.11 Å². The lowest BCUT2D eigenvalue weighted by molar-refractivity contribution is 0.213. The van der Waals surface area contributed by atoms with Crippen molar-refractivity contribution >= 4 is 10.0 Å². The van der Waals surface area contributed by atoms with Gasteiger partial charge in [-0.1, -0.05) is 12.8 Å². The van der Waals surface area contributed by atoms with Gasteiger partial charge in [-0.25, -0.2) is 8.42 Å². The third kappa shape index (κ3) is 2.71. The minimum atomic E-state index is -3.10. The van der Waals surface area contributed by atoms with Crippen molar-refractivity contribution in [2.45, 2.75) is 38.1 Å². The second-order valence-corrected chi connectivity index (χ2v) is 6.68. The predicted octanol–water partition coefficient (Wildman–Crippen LogP) is 0.573. The summed E-state index contributed by atoms with van der Waals surface area (Å²) in [4.78, 5) is 0. The Kier molecular flexibility index (Phi) is 3.33. The highest BCUT2D eigenvalue weighted by Gasteiger charge is 2.34. The van der Waals surface area contributed by atoms with Crippen molar-refractivity contribution in [3.63, 3.8) is 0 Å². The zero-order valence-electron chi connectivity index (χ0n) is 8.93. The fraction of sp³-hybridized carbons (Fsp3) is 1.00. The Morgan fingerprint density at radius 2 is 2.00 bits per heavy atom. The van der Waals surface area contributed by atoms with Crippen LogP contribution < -0.4 is 0 Å². The lowest BCUT2D eigenvalue weighted by Crippen LogP contribution is -2.39. The van der Waals surface area contributed by atoms with Crippen LogP contribution in [0.1, 0.15) is 32.1 Å². The van der Waals surface area contributed by atoms with Crippen molar-refractivity contribution in [3.8, 4) is 0 Å². The Balaban J connectivity index is 1.93. The van der Waals surface area contributed by atoms with E-state index in [0.29, 0.717) is 12.5 Å². The van der Waals surface area contributed by atoms with E-state index in [-0.39, 0.29) is 18.4 Å². The van der Waals surface area contributed by atoms with Gasteiger partial charge in [0.15, 0.2) is 0 Å². The van der Waals surface area contributed by atoms with Gasteiger partial charge >= 0.3 is 0 Å². The van der Waals surface area contributed by atoms with E-state index in [0.717, 1.165) is 19.3 Å². The van der Waals surface area contributed by atoms with Crippen LogP contribution >= 0.6 is 0 Å². The topological polar surface area (TPSA) is 57.6 Å². The van der Waals surface area contributed by atoms with Crippen molar-refractivity contribution in [2.24, 2.45) is 5.92 Å². The standard InChI is InChI=1S/C10H19NO3S/c12-8-10-2-1-6-11(10)15(13,14)7-5-9-3-4-9/h9-10,12H,1-8H2/t10-/m1/s1. The van der Waals surface area contributed by atoms with Crippen molar-refractivity contribution in [2.75, 3.05) is 18.9 Å². The third-order valence-electron chi connectivity index (χ3n) is 3.37. The van der Waals surface area contributed by atoms with Crippen LogP contribution in [0, 0.1) is 5.92 Å². The van der Waals surface area contributed by atoms with Gasteiger partial charge in [-0.05, 0) is 25.2 Å². The highest BCUT2D eigenvalue weighted by molar-refractivity contribution is 7.89. The molecule has 2 fully saturated rings. The van der Waals surface area contributed by atoms with Gasteiger partial charge in [0.2, 0.25) is 10.0 Å². The van der Waals surface area contributed by atoms with Crippen molar-refractivity contribution < 1.29 is 13.5 Å². The average molecular weight is 233 g/mol. The molecule has 0 aromatic heterocycles. The van der Waals surface area contributed by atoms with E-state index in [1.807, 2.05) is 0 Å². The molecular weight excluding hydrogens is 214 g/mol. The average Bonchev–Trinajstić information content (AvgIpc) is 2.90. The highest BCUT2D eigenvalue weighted by atomic mass is 32.2. The first-order valence-corrected chi connectivity index (χ1v) is 7.35. The van der Waals surface area contributed by atoms with E-state index in [1.165, 1.54) is 17.1 Å². The molecule has 1 heterocycles. The molecule has 15 heavy (non-hydrogen) atoms. The van der Waals surface area contributed by atoms with Crippen LogP contribution in [0.3, 0.4) is 0 Å². The summed E-state index contributed by atoms with van der Waals surface area (Å²) in [5, 5.41) is 9.08. The zero-order chi connectivity index (χ0) is 10.9. The smallest absolute Gasteiger partial charge is 0.214 e. The van der Waals surface area contributed by atoms with E-state index < -0.39 is 10.0 Å². The predicted molar refractivity (Wildman–Crippen MR) is 57.9 cm³/mol. The van der Waals surface area contributed by atoms with Crippen LogP contribution in [0.5, 0.6) is 0 Å². The largest absolute Gasteiger partial charge is 0.395 e. The van der Waals surface area contributed by atoms with Gasteiger partial charge in [0, 0.05) is 12.6 Å². The lowest BCUT2D eigenvalue weighted by Gasteiger charge is -2.22. The highest BCUT2D eigenvalue weighted by Crippen LogP contribution is 2.33. The summed E-state index contributed by atoms with van der Waals surface area (Å²) in [6.45, 7) is 0.556. The Bertz CT molecular complexity index is 311. The Labute approximate surface area is 91.3 Å². The van der Waals surface area contributed by atoms with Crippen LogP contribution in [-0.4, -0.2) is 42.8 Å². The summed E-state index contributed by atoms with van der Waals surface area (Å²) in [5.74, 6) is 0.920. The second-order valence-electron chi connectivity index (χ2n) is 4.64. The van der Waals surface area contributed by atoms with Crippen molar-refractivity contribution in [1.82, 2.24) is 4.31 Å². The molecule has 0 radical (unpaired) electrons. The van der Waals surface area contributed by atoms with Crippen LogP contribution in [0.25, 0.3) is 0 Å². The Morgan fingerprint density at radius 1 is 1.27 bits per heavy atom. The van der Waals surface area contributed by atoms with Gasteiger partial charge in [-0.2, -0.15) is 4.31 Å². The molecule has 1 saturated heterocycles. The molecule has 0 bridgehead atoms. The number of aliphatic hydroxyl groups excluding tert-OH is 1. The second kappa shape index (κ2) is 4.39. The summed E-state index contributed by atoms with van der Waals surface area (Å²) in [6, 6.07) is -0.158. The lowest BCUT2D eigenvalue weighted by atomic mass is 10.2. The Morgan fingerprint density at radius 3 is 2.60 bits per heavy atom. The van der Waals surface area contributed by atoms with E-state index in [2.05, 4.69) is 0 Å². The van der Waals surface area contributed by atoms with Gasteiger partial charge in [0.1, 0.15) is 0 Å². The summed E-state index contributed by atoms with van der Waals surface area (Å²) in [7, 11) is -3.10. The molecule has 4 nitrogen and oxygen atoms in total. The Hall–Kier alpha value is -0.130. The zero-order valence-corrected chi connectivity index (χ0v) is 9.75. The van der Waals surface area contributed by atoms with E-state index in [1.54, 1.807) is 0 Å². The molecule has 0 spiro atoms. The number of sulfonamides is 1. The maximum absolute atomic E-state index is 11.9. The first kappa shape index (κ1) is 11.4. The molecular formula is C10H19NO3S. The molecule has 1 atom stereocenters. The number of aliphatic hydroxyl groups is 1. The molecule has 88 valence electrons. The van der Waals surface area contributed by atoms with Gasteiger partial charge in [-0.15, -0.1) is 0 Å². The molecule has 0 amide bonds. The number of nitrogens with zero attached hydrogens (tertiary/aromatic N) is 1. The van der Waals surface area contributed by atoms with Crippen LogP contribution in [0.15, 0.2) is 0 Å². The number of hydrogen-bond donors (Lipinski definition) is 1. The molecule has 2 aliphatic rings.